The van der Waals surface area contributed by atoms with E-state index >= 15 is 0 Å². The highest BCUT2D eigenvalue weighted by Gasteiger charge is 2.16. The Bertz CT molecular complexity index is 2920. The fourth-order valence-electron chi connectivity index (χ4n) is 7.21. The van der Waals surface area contributed by atoms with Gasteiger partial charge in [-0.05, 0) is 65.0 Å². The smallest absolute Gasteiger partial charge is 0.0972 e. The zero-order valence-electron chi connectivity index (χ0n) is 27.0. The summed E-state index contributed by atoms with van der Waals surface area (Å²) in [7, 11) is 0. The second kappa shape index (κ2) is 11.4. The third kappa shape index (κ3) is 4.69. The minimum absolute atomic E-state index is 0.918. The Morgan fingerprint density at radius 2 is 0.980 bits per heavy atom. The van der Waals surface area contributed by atoms with E-state index in [4.69, 9.17) is 15.0 Å². The van der Waals surface area contributed by atoms with E-state index < -0.39 is 0 Å². The van der Waals surface area contributed by atoms with Gasteiger partial charge in [-0.15, -0.1) is 0 Å². The van der Waals surface area contributed by atoms with E-state index in [1.54, 1.807) is 0 Å². The average molecular weight is 637 g/mol. The monoisotopic (exact) mass is 636 g/mol. The Balaban J connectivity index is 1.14. The van der Waals surface area contributed by atoms with Crippen LogP contribution in [-0.2, 0) is 0 Å². The third-order valence-electron chi connectivity index (χ3n) is 9.67. The van der Waals surface area contributed by atoms with Crippen molar-refractivity contribution in [1.29, 1.82) is 0 Å². The molecule has 4 aromatic heterocycles. The maximum absolute atomic E-state index is 5.31. The summed E-state index contributed by atoms with van der Waals surface area (Å²) in [6.07, 6.45) is 1.83. The first-order valence-corrected chi connectivity index (χ1v) is 16.8. The number of nitrogens with zero attached hydrogens (tertiary/aromatic N) is 4. The van der Waals surface area contributed by atoms with Crippen molar-refractivity contribution in [2.75, 3.05) is 0 Å². The standard InChI is InChI=1S/C46H28N4/c1-3-9-29(10-4-1)39-24-21-37-41(48-39)25-20-36-38-28-34(19-23-42(38)50-44(43(36)37)30-11-5-2-6-12-30)33-13-7-14-35(27-33)40-22-18-32-17-16-31-15-8-26-47-45(31)46(32)49-40/h1-28H. The molecule has 6 aromatic carbocycles. The van der Waals surface area contributed by atoms with Crippen molar-refractivity contribution in [3.63, 3.8) is 0 Å². The lowest BCUT2D eigenvalue weighted by Crippen LogP contribution is -1.93. The van der Waals surface area contributed by atoms with Crippen LogP contribution in [0.15, 0.2) is 170 Å². The van der Waals surface area contributed by atoms with Gasteiger partial charge in [-0.25, -0.2) is 15.0 Å². The molecule has 4 nitrogen and oxygen atoms in total. The quantitative estimate of drug-likeness (QED) is 0.180. The summed E-state index contributed by atoms with van der Waals surface area (Å²) in [5.74, 6) is 0. The predicted molar refractivity (Wildman–Crippen MR) is 207 cm³/mol. The van der Waals surface area contributed by atoms with Crippen LogP contribution in [0.1, 0.15) is 0 Å². The molecule has 0 aliphatic rings. The molecule has 0 atom stereocenters. The van der Waals surface area contributed by atoms with Crippen molar-refractivity contribution in [2.45, 2.75) is 0 Å². The zero-order valence-corrected chi connectivity index (χ0v) is 27.0. The van der Waals surface area contributed by atoms with Crippen LogP contribution in [0.25, 0.3) is 99.3 Å². The molecule has 0 saturated heterocycles. The van der Waals surface area contributed by atoms with Crippen molar-refractivity contribution >= 4 is 54.4 Å². The largest absolute Gasteiger partial charge is 0.254 e. The van der Waals surface area contributed by atoms with E-state index in [1.165, 1.54) is 0 Å². The summed E-state index contributed by atoms with van der Waals surface area (Å²) in [6.45, 7) is 0. The topological polar surface area (TPSA) is 51.6 Å². The molecule has 0 aliphatic carbocycles. The molecule has 10 aromatic rings. The number of pyridine rings is 4. The molecule has 232 valence electrons. The van der Waals surface area contributed by atoms with Gasteiger partial charge in [0.25, 0.3) is 0 Å². The van der Waals surface area contributed by atoms with Crippen LogP contribution in [0, 0.1) is 0 Å². The van der Waals surface area contributed by atoms with Gasteiger partial charge in [0.05, 0.1) is 39.1 Å². The molecule has 4 heterocycles. The first-order chi connectivity index (χ1) is 24.8. The summed E-state index contributed by atoms with van der Waals surface area (Å²) in [5.41, 5.74) is 12.1. The Kier molecular flexibility index (Phi) is 6.46. The number of fused-ring (bicyclic) bond motifs is 8. The Morgan fingerprint density at radius 3 is 1.84 bits per heavy atom. The molecule has 0 N–H and O–H groups in total. The molecule has 0 fully saturated rings. The molecule has 10 rings (SSSR count). The summed E-state index contributed by atoms with van der Waals surface area (Å²) < 4.78 is 0. The minimum atomic E-state index is 0.918. The van der Waals surface area contributed by atoms with Crippen LogP contribution in [0.3, 0.4) is 0 Å². The van der Waals surface area contributed by atoms with Crippen LogP contribution >= 0.6 is 0 Å². The van der Waals surface area contributed by atoms with Crippen LogP contribution in [0.4, 0.5) is 0 Å². The molecule has 0 amide bonds. The van der Waals surface area contributed by atoms with E-state index in [1.807, 2.05) is 24.4 Å². The average Bonchev–Trinajstić information content (AvgIpc) is 3.20. The van der Waals surface area contributed by atoms with Crippen LogP contribution in [-0.4, -0.2) is 19.9 Å². The fraction of sp³-hybridized carbons (Fsp3) is 0. The summed E-state index contributed by atoms with van der Waals surface area (Å²) >= 11 is 0. The van der Waals surface area contributed by atoms with E-state index in [2.05, 4.69) is 151 Å². The SMILES string of the molecule is c1ccc(-c2ccc3c(ccc4c5cc(-c6cccc(-c7ccc8ccc9cccnc9c8n7)c6)ccc5nc(-c5ccccc5)c34)n2)cc1. The van der Waals surface area contributed by atoms with Gasteiger partial charge in [-0.3, -0.25) is 4.98 Å². The lowest BCUT2D eigenvalue weighted by molar-refractivity contribution is 1.37. The van der Waals surface area contributed by atoms with Crippen molar-refractivity contribution < 1.29 is 0 Å². The van der Waals surface area contributed by atoms with Gasteiger partial charge in [0.1, 0.15) is 0 Å². The second-order valence-corrected chi connectivity index (χ2v) is 12.7. The van der Waals surface area contributed by atoms with Gasteiger partial charge in [-0.1, -0.05) is 115 Å². The van der Waals surface area contributed by atoms with Crippen molar-refractivity contribution in [1.82, 2.24) is 19.9 Å². The van der Waals surface area contributed by atoms with E-state index in [-0.39, 0.29) is 0 Å². The third-order valence-corrected chi connectivity index (χ3v) is 9.67. The van der Waals surface area contributed by atoms with Crippen molar-refractivity contribution in [3.05, 3.63) is 170 Å². The zero-order chi connectivity index (χ0) is 33.0. The fourth-order valence-corrected chi connectivity index (χ4v) is 7.21. The number of hydrogen-bond acceptors (Lipinski definition) is 4. The molecule has 0 unspecified atom stereocenters. The molecule has 0 saturated carbocycles. The summed E-state index contributed by atoms with van der Waals surface area (Å²) in [5, 5.41) is 6.64. The summed E-state index contributed by atoms with van der Waals surface area (Å²) in [4.78, 5) is 20.2. The molecule has 0 bridgehead atoms. The highest BCUT2D eigenvalue weighted by Crippen LogP contribution is 2.39. The highest BCUT2D eigenvalue weighted by atomic mass is 14.8. The molecule has 0 radical (unpaired) electrons. The Labute approximate surface area is 288 Å². The Morgan fingerprint density at radius 1 is 0.340 bits per heavy atom. The predicted octanol–water partition coefficient (Wildman–Crippen LogP) is 11.7. The van der Waals surface area contributed by atoms with Crippen LogP contribution in [0.5, 0.6) is 0 Å². The van der Waals surface area contributed by atoms with Crippen LogP contribution < -0.4 is 0 Å². The number of hydrogen-bond donors (Lipinski definition) is 0. The second-order valence-electron chi connectivity index (χ2n) is 12.7. The van der Waals surface area contributed by atoms with Crippen LogP contribution in [0.2, 0.25) is 0 Å². The normalized spacial score (nSPS) is 11.6. The lowest BCUT2D eigenvalue weighted by Gasteiger charge is -2.14. The first-order valence-electron chi connectivity index (χ1n) is 16.8. The molecule has 50 heavy (non-hydrogen) atoms. The van der Waals surface area contributed by atoms with Gasteiger partial charge in [0, 0.05) is 49.8 Å². The molecule has 4 heteroatoms. The van der Waals surface area contributed by atoms with Crippen molar-refractivity contribution in [2.24, 2.45) is 0 Å². The van der Waals surface area contributed by atoms with Gasteiger partial charge in [-0.2, -0.15) is 0 Å². The number of rotatable bonds is 4. The number of benzene rings is 6. The highest BCUT2D eigenvalue weighted by molar-refractivity contribution is 6.21. The van der Waals surface area contributed by atoms with E-state index in [0.717, 1.165) is 99.3 Å². The van der Waals surface area contributed by atoms with Gasteiger partial charge >= 0.3 is 0 Å². The molecular formula is C46H28N4. The van der Waals surface area contributed by atoms with Gasteiger partial charge < -0.3 is 0 Å². The van der Waals surface area contributed by atoms with Crippen molar-refractivity contribution in [3.8, 4) is 44.9 Å². The maximum atomic E-state index is 5.31. The molecular weight excluding hydrogens is 609 g/mol. The first kappa shape index (κ1) is 28.3. The lowest BCUT2D eigenvalue weighted by atomic mass is 9.94. The number of aromatic nitrogens is 4. The molecule has 0 spiro atoms. The maximum Gasteiger partial charge on any atom is 0.0972 e. The molecule has 0 aliphatic heterocycles. The Hall–Kier alpha value is -6.78. The van der Waals surface area contributed by atoms with E-state index in [9.17, 15) is 0 Å². The summed E-state index contributed by atoms with van der Waals surface area (Å²) in [6, 6.07) is 57.2. The van der Waals surface area contributed by atoms with E-state index in [0.29, 0.717) is 0 Å². The minimum Gasteiger partial charge on any atom is -0.254 e. The van der Waals surface area contributed by atoms with Gasteiger partial charge in [0.15, 0.2) is 0 Å². The van der Waals surface area contributed by atoms with Gasteiger partial charge in [0.2, 0.25) is 0 Å².